The summed E-state index contributed by atoms with van der Waals surface area (Å²) >= 11 is 5.71. The van der Waals surface area contributed by atoms with E-state index in [2.05, 4.69) is 5.32 Å². The van der Waals surface area contributed by atoms with Crippen LogP contribution in [0.25, 0.3) is 0 Å². The summed E-state index contributed by atoms with van der Waals surface area (Å²) in [6.07, 6.45) is -4.26. The second-order valence-corrected chi connectivity index (χ2v) is 4.72. The van der Waals surface area contributed by atoms with Crippen LogP contribution in [-0.4, -0.2) is 26.0 Å². The van der Waals surface area contributed by atoms with Crippen molar-refractivity contribution in [3.05, 3.63) is 28.8 Å². The molecule has 1 N–H and O–H groups in total. The van der Waals surface area contributed by atoms with Gasteiger partial charge in [0.05, 0.1) is 5.56 Å². The summed E-state index contributed by atoms with van der Waals surface area (Å²) < 4.78 is 48.7. The zero-order valence-electron chi connectivity index (χ0n) is 12.0. The van der Waals surface area contributed by atoms with Crippen LogP contribution >= 0.6 is 11.6 Å². The normalized spacial score (nSPS) is 12.0. The van der Waals surface area contributed by atoms with Gasteiger partial charge in [-0.25, -0.2) is 0 Å². The highest BCUT2D eigenvalue weighted by Crippen LogP contribution is 2.33. The van der Waals surface area contributed by atoms with Gasteiger partial charge in [0.25, 0.3) is 0 Å². The summed E-state index contributed by atoms with van der Waals surface area (Å²) in [5.74, 6) is 0. The lowest BCUT2D eigenvalue weighted by molar-refractivity contribution is -0.138. The van der Waals surface area contributed by atoms with Crippen LogP contribution in [0.15, 0.2) is 18.2 Å². The summed E-state index contributed by atoms with van der Waals surface area (Å²) in [5, 5.41) is 2.94. The molecule has 0 aromatic heterocycles. The quantitative estimate of drug-likeness (QED) is 0.711. The maximum absolute atomic E-state index is 12.7. The fourth-order valence-electron chi connectivity index (χ4n) is 1.78. The number of rotatable bonds is 8. The van der Waals surface area contributed by atoms with Crippen molar-refractivity contribution >= 4 is 17.3 Å². The molecule has 0 atom stereocenters. The average Bonchev–Trinajstić information content (AvgIpc) is 2.37. The van der Waals surface area contributed by atoms with Gasteiger partial charge in [0.15, 0.2) is 6.29 Å². The minimum atomic E-state index is -4.42. The highest BCUT2D eigenvalue weighted by Gasteiger charge is 2.31. The Labute approximate surface area is 127 Å². The van der Waals surface area contributed by atoms with Crippen LogP contribution in [0.2, 0.25) is 5.02 Å². The molecule has 0 aliphatic carbocycles. The molecule has 0 amide bonds. The molecule has 1 aromatic carbocycles. The van der Waals surface area contributed by atoms with Gasteiger partial charge in [-0.05, 0) is 32.0 Å². The lowest BCUT2D eigenvalue weighted by Crippen LogP contribution is -2.21. The van der Waals surface area contributed by atoms with E-state index in [-0.39, 0.29) is 11.3 Å². The molecule has 0 heterocycles. The first kappa shape index (κ1) is 18.1. The largest absolute Gasteiger partial charge is 0.416 e. The lowest BCUT2D eigenvalue weighted by Gasteiger charge is -2.18. The molecule has 0 aliphatic heterocycles. The molecule has 1 rings (SSSR count). The number of benzene rings is 1. The molecule has 3 nitrogen and oxygen atoms in total. The number of nitrogens with one attached hydrogen (secondary N) is 1. The topological polar surface area (TPSA) is 30.5 Å². The molecule has 0 saturated carbocycles. The minimum absolute atomic E-state index is 0.0403. The molecule has 21 heavy (non-hydrogen) atoms. The summed E-state index contributed by atoms with van der Waals surface area (Å²) in [5.41, 5.74) is -0.453. The van der Waals surface area contributed by atoms with E-state index in [1.807, 2.05) is 13.8 Å². The van der Waals surface area contributed by atoms with Crippen molar-refractivity contribution in [2.24, 2.45) is 0 Å². The lowest BCUT2D eigenvalue weighted by atomic mass is 10.2. The molecule has 0 aliphatic rings. The van der Waals surface area contributed by atoms with Crippen LogP contribution in [0.1, 0.15) is 25.8 Å². The van der Waals surface area contributed by atoms with Crippen molar-refractivity contribution in [2.75, 3.05) is 25.1 Å². The van der Waals surface area contributed by atoms with E-state index in [9.17, 15) is 13.2 Å². The Morgan fingerprint density at radius 3 is 2.29 bits per heavy atom. The van der Waals surface area contributed by atoms with Gasteiger partial charge in [-0.3, -0.25) is 0 Å². The monoisotopic (exact) mass is 325 g/mol. The Balaban J connectivity index is 2.61. The van der Waals surface area contributed by atoms with E-state index in [1.165, 1.54) is 6.07 Å². The maximum Gasteiger partial charge on any atom is 0.416 e. The van der Waals surface area contributed by atoms with Crippen molar-refractivity contribution < 1.29 is 22.6 Å². The smallest absolute Gasteiger partial charge is 0.385 e. The molecular formula is C14H19ClF3NO2. The van der Waals surface area contributed by atoms with Crippen LogP contribution in [0, 0.1) is 0 Å². The van der Waals surface area contributed by atoms with Crippen molar-refractivity contribution in [2.45, 2.75) is 32.7 Å². The number of hydrogen-bond acceptors (Lipinski definition) is 3. The van der Waals surface area contributed by atoms with Gasteiger partial charge >= 0.3 is 6.18 Å². The standard InChI is InChI=1S/C14H19ClF3NO2/c1-3-20-13(21-4-2)5-6-19-12-8-10(14(16,17)18)7-11(15)9-12/h7-9,13,19H,3-6H2,1-2H3. The van der Waals surface area contributed by atoms with Gasteiger partial charge in [-0.2, -0.15) is 13.2 Å². The number of halogens is 4. The molecule has 7 heteroatoms. The Morgan fingerprint density at radius 1 is 1.14 bits per heavy atom. The first-order valence-corrected chi connectivity index (χ1v) is 7.09. The van der Waals surface area contributed by atoms with Gasteiger partial charge in [0.2, 0.25) is 0 Å². The zero-order chi connectivity index (χ0) is 15.9. The van der Waals surface area contributed by atoms with Crippen LogP contribution in [0.4, 0.5) is 18.9 Å². The number of hydrogen-bond donors (Lipinski definition) is 1. The molecule has 0 spiro atoms. The van der Waals surface area contributed by atoms with Crippen molar-refractivity contribution in [1.29, 1.82) is 0 Å². The summed E-state index contributed by atoms with van der Waals surface area (Å²) in [7, 11) is 0. The molecule has 0 radical (unpaired) electrons. The predicted octanol–water partition coefficient (Wildman–Crippen LogP) is 4.56. The third-order valence-corrected chi connectivity index (χ3v) is 2.86. The molecule has 0 bridgehead atoms. The zero-order valence-corrected chi connectivity index (χ0v) is 12.7. The Kier molecular flexibility index (Phi) is 7.28. The van der Waals surface area contributed by atoms with E-state index >= 15 is 0 Å². The van der Waals surface area contributed by atoms with E-state index in [4.69, 9.17) is 21.1 Å². The molecule has 0 fully saturated rings. The third-order valence-electron chi connectivity index (χ3n) is 2.64. The fourth-order valence-corrected chi connectivity index (χ4v) is 2.01. The van der Waals surface area contributed by atoms with E-state index < -0.39 is 11.7 Å². The molecular weight excluding hydrogens is 307 g/mol. The first-order valence-electron chi connectivity index (χ1n) is 6.71. The van der Waals surface area contributed by atoms with Crippen molar-refractivity contribution in [3.63, 3.8) is 0 Å². The van der Waals surface area contributed by atoms with Gasteiger partial charge in [-0.1, -0.05) is 11.6 Å². The van der Waals surface area contributed by atoms with Gasteiger partial charge in [0.1, 0.15) is 0 Å². The van der Waals surface area contributed by atoms with E-state index in [0.717, 1.165) is 12.1 Å². The minimum Gasteiger partial charge on any atom is -0.385 e. The summed E-state index contributed by atoms with van der Waals surface area (Å²) in [6, 6.07) is 3.38. The first-order chi connectivity index (χ1) is 9.86. The Morgan fingerprint density at radius 2 is 1.76 bits per heavy atom. The maximum atomic E-state index is 12.7. The second-order valence-electron chi connectivity index (χ2n) is 4.28. The van der Waals surface area contributed by atoms with Crippen LogP contribution in [0.5, 0.6) is 0 Å². The Bertz CT molecular complexity index is 435. The Hall–Kier alpha value is -0.980. The summed E-state index contributed by atoms with van der Waals surface area (Å²) in [4.78, 5) is 0. The van der Waals surface area contributed by atoms with Crippen molar-refractivity contribution in [1.82, 2.24) is 0 Å². The average molecular weight is 326 g/mol. The number of alkyl halides is 3. The van der Waals surface area contributed by atoms with E-state index in [0.29, 0.717) is 31.9 Å². The fraction of sp³-hybridized carbons (Fsp3) is 0.571. The van der Waals surface area contributed by atoms with Crippen LogP contribution in [-0.2, 0) is 15.7 Å². The van der Waals surface area contributed by atoms with Crippen molar-refractivity contribution in [3.8, 4) is 0 Å². The highest BCUT2D eigenvalue weighted by atomic mass is 35.5. The molecule has 120 valence electrons. The van der Waals surface area contributed by atoms with Gasteiger partial charge in [-0.15, -0.1) is 0 Å². The third kappa shape index (κ3) is 6.54. The number of ether oxygens (including phenoxy) is 2. The molecule has 1 aromatic rings. The van der Waals surface area contributed by atoms with Crippen LogP contribution in [0.3, 0.4) is 0 Å². The molecule has 0 saturated heterocycles. The highest BCUT2D eigenvalue weighted by molar-refractivity contribution is 6.30. The van der Waals surface area contributed by atoms with Crippen LogP contribution < -0.4 is 5.32 Å². The second kappa shape index (κ2) is 8.46. The predicted molar refractivity (Wildman–Crippen MR) is 76.6 cm³/mol. The number of anilines is 1. The van der Waals surface area contributed by atoms with E-state index in [1.54, 1.807) is 0 Å². The molecule has 0 unspecified atom stereocenters. The SMILES string of the molecule is CCOC(CCNc1cc(Cl)cc(C(F)(F)F)c1)OCC. The van der Waals surface area contributed by atoms with Gasteiger partial charge < -0.3 is 14.8 Å². The van der Waals surface area contributed by atoms with Gasteiger partial charge in [0, 0.05) is 36.9 Å². The summed E-state index contributed by atoms with van der Waals surface area (Å²) in [6.45, 7) is 5.15.